The number of hydrogen-bond acceptors (Lipinski definition) is 6. The van der Waals surface area contributed by atoms with Crippen molar-refractivity contribution in [1.82, 2.24) is 5.32 Å². The zero-order valence-corrected chi connectivity index (χ0v) is 14.0. The van der Waals surface area contributed by atoms with Crippen LogP contribution in [0.25, 0.3) is 0 Å². The van der Waals surface area contributed by atoms with E-state index in [1.54, 1.807) is 45.0 Å². The van der Waals surface area contributed by atoms with Gasteiger partial charge in [-0.1, -0.05) is 30.3 Å². The van der Waals surface area contributed by atoms with Crippen LogP contribution in [0.5, 0.6) is 0 Å². The fourth-order valence-electron chi connectivity index (χ4n) is 1.79. The van der Waals surface area contributed by atoms with Gasteiger partial charge in [-0.25, -0.2) is 9.59 Å². The van der Waals surface area contributed by atoms with Crippen molar-refractivity contribution in [2.75, 3.05) is 0 Å². The fraction of sp³-hybridized carbons (Fsp3) is 0.471. The minimum Gasteiger partial charge on any atom is -0.550 e. The van der Waals surface area contributed by atoms with Crippen LogP contribution in [-0.4, -0.2) is 29.7 Å². The molecule has 24 heavy (non-hydrogen) atoms. The Hall–Kier alpha value is -2.57. The highest BCUT2D eigenvalue weighted by molar-refractivity contribution is 5.82. The van der Waals surface area contributed by atoms with E-state index in [4.69, 9.17) is 9.47 Å². The maximum absolute atomic E-state index is 12.1. The van der Waals surface area contributed by atoms with E-state index in [0.717, 1.165) is 5.56 Å². The van der Waals surface area contributed by atoms with E-state index < -0.39 is 29.7 Å². The summed E-state index contributed by atoms with van der Waals surface area (Å²) in [5.41, 5.74) is 0.0403. The number of nitrogens with one attached hydrogen (secondary N) is 1. The second kappa shape index (κ2) is 8.90. The number of aliphatic carboxylic acids is 1. The van der Waals surface area contributed by atoms with Crippen LogP contribution >= 0.6 is 0 Å². The highest BCUT2D eigenvalue weighted by atomic mass is 16.6. The molecule has 0 saturated carbocycles. The standard InChI is InChI=1S/C17H23NO6/c1-17(2,3)24-16(22)18-13(9-10-14(19)20)15(21)23-11-12-7-5-4-6-8-12/h4-8,13H,9-11H2,1-3H3,(H,18,22)(H,19,20)/p-1. The predicted octanol–water partition coefficient (Wildman–Crippen LogP) is 1.15. The van der Waals surface area contributed by atoms with Crippen LogP contribution in [0, 0.1) is 0 Å². The zero-order valence-electron chi connectivity index (χ0n) is 14.0. The molecule has 1 aromatic rings. The molecule has 0 heterocycles. The van der Waals surface area contributed by atoms with Gasteiger partial charge in [-0.3, -0.25) is 0 Å². The molecule has 7 heteroatoms. The van der Waals surface area contributed by atoms with Gasteiger partial charge in [-0.15, -0.1) is 0 Å². The summed E-state index contributed by atoms with van der Waals surface area (Å²) in [6.07, 6.45) is -1.35. The molecule has 0 spiro atoms. The zero-order chi connectivity index (χ0) is 18.2. The molecule has 7 nitrogen and oxygen atoms in total. The average molecular weight is 336 g/mol. The summed E-state index contributed by atoms with van der Waals surface area (Å²) >= 11 is 0. The van der Waals surface area contributed by atoms with Gasteiger partial charge in [-0.05, 0) is 39.2 Å². The number of carbonyl (C=O) groups is 3. The molecule has 1 N–H and O–H groups in total. The third-order valence-corrected chi connectivity index (χ3v) is 2.84. The number of ether oxygens (including phenoxy) is 2. The lowest BCUT2D eigenvalue weighted by Crippen LogP contribution is -2.45. The lowest BCUT2D eigenvalue weighted by molar-refractivity contribution is -0.305. The van der Waals surface area contributed by atoms with Gasteiger partial charge in [0, 0.05) is 5.97 Å². The van der Waals surface area contributed by atoms with Crippen molar-refractivity contribution in [3.05, 3.63) is 35.9 Å². The lowest BCUT2D eigenvalue weighted by Gasteiger charge is -2.23. The van der Waals surface area contributed by atoms with Crippen molar-refractivity contribution in [2.24, 2.45) is 0 Å². The first kappa shape index (κ1) is 19.5. The summed E-state index contributed by atoms with van der Waals surface area (Å²) in [4.78, 5) is 34.5. The molecule has 1 amide bonds. The van der Waals surface area contributed by atoms with E-state index >= 15 is 0 Å². The van der Waals surface area contributed by atoms with E-state index in [1.807, 2.05) is 6.07 Å². The first-order chi connectivity index (χ1) is 11.2. The van der Waals surface area contributed by atoms with Gasteiger partial charge in [0.15, 0.2) is 0 Å². The summed E-state index contributed by atoms with van der Waals surface area (Å²) in [6, 6.07) is 7.88. The highest BCUT2D eigenvalue weighted by Gasteiger charge is 2.25. The summed E-state index contributed by atoms with van der Waals surface area (Å²) in [5, 5.41) is 13.0. The monoisotopic (exact) mass is 336 g/mol. The first-order valence-electron chi connectivity index (χ1n) is 7.57. The second-order valence-electron chi connectivity index (χ2n) is 6.20. The Morgan fingerprint density at radius 2 is 1.79 bits per heavy atom. The van der Waals surface area contributed by atoms with Crippen LogP contribution in [0.2, 0.25) is 0 Å². The van der Waals surface area contributed by atoms with E-state index in [2.05, 4.69) is 5.32 Å². The van der Waals surface area contributed by atoms with Crippen LogP contribution in [0.15, 0.2) is 30.3 Å². The van der Waals surface area contributed by atoms with Crippen molar-refractivity contribution in [1.29, 1.82) is 0 Å². The number of carbonyl (C=O) groups excluding carboxylic acids is 3. The third kappa shape index (κ3) is 8.17. The second-order valence-corrected chi connectivity index (χ2v) is 6.20. The van der Waals surface area contributed by atoms with E-state index in [1.165, 1.54) is 0 Å². The minimum absolute atomic E-state index is 0.0253. The Balaban J connectivity index is 2.64. The van der Waals surface area contributed by atoms with Gasteiger partial charge in [-0.2, -0.15) is 0 Å². The fourth-order valence-corrected chi connectivity index (χ4v) is 1.79. The quantitative estimate of drug-likeness (QED) is 0.749. The smallest absolute Gasteiger partial charge is 0.408 e. The number of alkyl carbamates (subject to hydrolysis) is 1. The van der Waals surface area contributed by atoms with Crippen LogP contribution in [0.4, 0.5) is 4.79 Å². The molecule has 1 atom stereocenters. The minimum atomic E-state index is -1.32. The Kier molecular flexibility index (Phi) is 7.23. The van der Waals surface area contributed by atoms with Crippen molar-refractivity contribution in [3.8, 4) is 0 Å². The van der Waals surface area contributed by atoms with Gasteiger partial charge < -0.3 is 24.7 Å². The van der Waals surface area contributed by atoms with Crippen LogP contribution in [-0.2, 0) is 25.7 Å². The Morgan fingerprint density at radius 1 is 1.17 bits per heavy atom. The molecule has 1 rings (SSSR count). The predicted molar refractivity (Wildman–Crippen MR) is 83.6 cm³/mol. The van der Waals surface area contributed by atoms with E-state index in [9.17, 15) is 19.5 Å². The SMILES string of the molecule is CC(C)(C)OC(=O)NC(CCC(=O)[O-])C(=O)OCc1ccccc1. The number of rotatable bonds is 7. The lowest BCUT2D eigenvalue weighted by atomic mass is 10.1. The largest absolute Gasteiger partial charge is 0.550 e. The van der Waals surface area contributed by atoms with Gasteiger partial charge in [0.2, 0.25) is 0 Å². The van der Waals surface area contributed by atoms with Crippen LogP contribution < -0.4 is 10.4 Å². The molecular formula is C17H22NO6-. The number of amides is 1. The molecule has 1 aromatic carbocycles. The van der Waals surface area contributed by atoms with Gasteiger partial charge >= 0.3 is 12.1 Å². The first-order valence-corrected chi connectivity index (χ1v) is 7.57. The normalized spacial score (nSPS) is 12.1. The maximum atomic E-state index is 12.1. The van der Waals surface area contributed by atoms with Gasteiger partial charge in [0.05, 0.1) is 0 Å². The van der Waals surface area contributed by atoms with Crippen LogP contribution in [0.1, 0.15) is 39.2 Å². The molecule has 0 aliphatic rings. The van der Waals surface area contributed by atoms with Gasteiger partial charge in [0.1, 0.15) is 18.2 Å². The van der Waals surface area contributed by atoms with E-state index in [0.29, 0.717) is 0 Å². The summed E-state index contributed by atoms with van der Waals surface area (Å²) in [7, 11) is 0. The molecule has 0 aliphatic heterocycles. The summed E-state index contributed by atoms with van der Waals surface area (Å²) in [6.45, 7) is 5.06. The molecule has 0 radical (unpaired) electrons. The summed E-state index contributed by atoms with van der Waals surface area (Å²) < 4.78 is 10.2. The molecule has 0 bridgehead atoms. The average Bonchev–Trinajstić information content (AvgIpc) is 2.48. The van der Waals surface area contributed by atoms with Gasteiger partial charge in [0.25, 0.3) is 0 Å². The topological polar surface area (TPSA) is 105 Å². The Bertz CT molecular complexity index is 564. The molecule has 0 aliphatic carbocycles. The number of hydrogen-bond donors (Lipinski definition) is 1. The van der Waals surface area contributed by atoms with Crippen molar-refractivity contribution >= 4 is 18.0 Å². The molecule has 0 saturated heterocycles. The number of carboxylic acid groups (broad SMARTS) is 1. The molecule has 0 aromatic heterocycles. The molecule has 1 unspecified atom stereocenters. The number of benzene rings is 1. The van der Waals surface area contributed by atoms with Crippen molar-refractivity contribution < 1.29 is 29.0 Å². The number of carboxylic acids is 1. The molecular weight excluding hydrogens is 314 g/mol. The summed E-state index contributed by atoms with van der Waals surface area (Å²) in [5.74, 6) is -2.05. The number of esters is 1. The van der Waals surface area contributed by atoms with Crippen molar-refractivity contribution in [3.63, 3.8) is 0 Å². The maximum Gasteiger partial charge on any atom is 0.408 e. The van der Waals surface area contributed by atoms with Crippen molar-refractivity contribution in [2.45, 2.75) is 51.9 Å². The third-order valence-electron chi connectivity index (χ3n) is 2.84. The molecule has 0 fully saturated rings. The van der Waals surface area contributed by atoms with E-state index in [-0.39, 0.29) is 19.4 Å². The Morgan fingerprint density at radius 3 is 2.33 bits per heavy atom. The molecule has 132 valence electrons. The Labute approximate surface area is 141 Å². The highest BCUT2D eigenvalue weighted by Crippen LogP contribution is 2.09. The van der Waals surface area contributed by atoms with Crippen LogP contribution in [0.3, 0.4) is 0 Å².